The van der Waals surface area contributed by atoms with Crippen molar-refractivity contribution < 1.29 is 18.0 Å². The monoisotopic (exact) mass is 275 g/mol. The van der Waals surface area contributed by atoms with Gasteiger partial charge in [0.25, 0.3) is 5.91 Å². The Labute approximate surface area is 108 Å². The molecule has 2 nitrogen and oxygen atoms in total. The Bertz CT molecular complexity index is 440. The van der Waals surface area contributed by atoms with Gasteiger partial charge in [-0.05, 0) is 37.1 Å². The van der Waals surface area contributed by atoms with E-state index in [0.717, 1.165) is 4.90 Å². The molecule has 1 saturated carbocycles. The maximum atomic E-state index is 12.4. The van der Waals surface area contributed by atoms with Gasteiger partial charge in [0.15, 0.2) is 0 Å². The fourth-order valence-electron chi connectivity index (χ4n) is 1.72. The summed E-state index contributed by atoms with van der Waals surface area (Å²) in [5.74, 6) is -0.567. The quantitative estimate of drug-likeness (QED) is 0.840. The first kappa shape index (κ1) is 13.3. The molecule has 0 N–H and O–H groups in total. The largest absolute Gasteiger partial charge is 0.406 e. The summed E-state index contributed by atoms with van der Waals surface area (Å²) in [6, 6.07) is 5.91. The average Bonchev–Trinajstić information content (AvgIpc) is 3.08. The summed E-state index contributed by atoms with van der Waals surface area (Å²) >= 11 is 4.07. The molecule has 0 bridgehead atoms. The van der Waals surface area contributed by atoms with Crippen molar-refractivity contribution in [1.29, 1.82) is 0 Å². The molecule has 0 spiro atoms. The molecule has 6 heteroatoms. The van der Waals surface area contributed by atoms with E-state index in [2.05, 4.69) is 12.6 Å². The predicted octanol–water partition coefficient (Wildman–Crippen LogP) is 3.14. The molecular weight excluding hydrogens is 263 g/mol. The van der Waals surface area contributed by atoms with Crippen LogP contribution in [-0.2, 0) is 0 Å². The third-order valence-corrected chi connectivity index (χ3v) is 3.01. The number of carbonyl (C=O) groups is 1. The molecule has 2 rings (SSSR count). The molecule has 1 aromatic rings. The first-order valence-corrected chi connectivity index (χ1v) is 5.98. The molecule has 18 heavy (non-hydrogen) atoms. The smallest absolute Gasteiger partial charge is 0.327 e. The van der Waals surface area contributed by atoms with Crippen LogP contribution in [0.25, 0.3) is 0 Å². The van der Waals surface area contributed by atoms with Gasteiger partial charge in [-0.3, -0.25) is 4.79 Å². The zero-order chi connectivity index (χ0) is 13.3. The van der Waals surface area contributed by atoms with E-state index in [1.807, 2.05) is 0 Å². The minimum atomic E-state index is -4.36. The molecule has 1 aliphatic rings. The van der Waals surface area contributed by atoms with Gasteiger partial charge in [0.1, 0.15) is 6.54 Å². The zero-order valence-corrected chi connectivity index (χ0v) is 10.3. The summed E-state index contributed by atoms with van der Waals surface area (Å²) in [7, 11) is 0. The molecule has 0 atom stereocenters. The Balaban J connectivity index is 2.15. The van der Waals surface area contributed by atoms with E-state index in [1.54, 1.807) is 12.1 Å². The maximum Gasteiger partial charge on any atom is 0.406 e. The van der Waals surface area contributed by atoms with Crippen molar-refractivity contribution in [3.63, 3.8) is 0 Å². The fourth-order valence-corrected chi connectivity index (χ4v) is 1.86. The Morgan fingerprint density at radius 1 is 1.28 bits per heavy atom. The third kappa shape index (κ3) is 3.41. The second-order valence-corrected chi connectivity index (χ2v) is 4.84. The summed E-state index contributed by atoms with van der Waals surface area (Å²) in [5, 5.41) is 0. The fraction of sp³-hybridized carbons (Fsp3) is 0.417. The molecule has 1 aromatic carbocycles. The SMILES string of the molecule is O=C(c1ccc(S)cc1)N(CC(F)(F)F)C1CC1. The number of alkyl halides is 3. The number of rotatable bonds is 3. The molecule has 0 aliphatic heterocycles. The van der Waals surface area contributed by atoms with Crippen LogP contribution < -0.4 is 0 Å². The van der Waals surface area contributed by atoms with Gasteiger partial charge in [0, 0.05) is 16.5 Å². The number of amides is 1. The Kier molecular flexibility index (Phi) is 3.56. The van der Waals surface area contributed by atoms with Crippen molar-refractivity contribution >= 4 is 18.5 Å². The summed E-state index contributed by atoms with van der Waals surface area (Å²) in [5.41, 5.74) is 0.268. The van der Waals surface area contributed by atoms with Gasteiger partial charge in [-0.15, -0.1) is 12.6 Å². The van der Waals surface area contributed by atoms with Gasteiger partial charge < -0.3 is 4.90 Å². The average molecular weight is 275 g/mol. The van der Waals surface area contributed by atoms with Crippen LogP contribution in [0.1, 0.15) is 23.2 Å². The predicted molar refractivity (Wildman–Crippen MR) is 63.8 cm³/mol. The van der Waals surface area contributed by atoms with Crippen molar-refractivity contribution in [2.45, 2.75) is 30.0 Å². The highest BCUT2D eigenvalue weighted by molar-refractivity contribution is 7.80. The third-order valence-electron chi connectivity index (χ3n) is 2.71. The van der Waals surface area contributed by atoms with Crippen molar-refractivity contribution in [1.82, 2.24) is 4.90 Å². The number of carbonyl (C=O) groups excluding carboxylic acids is 1. The van der Waals surface area contributed by atoms with Crippen LogP contribution in [0.4, 0.5) is 13.2 Å². The van der Waals surface area contributed by atoms with Gasteiger partial charge in [-0.25, -0.2) is 0 Å². The molecule has 0 saturated heterocycles. The molecule has 0 radical (unpaired) electrons. The lowest BCUT2D eigenvalue weighted by Gasteiger charge is -2.23. The van der Waals surface area contributed by atoms with Crippen LogP contribution in [0.15, 0.2) is 29.2 Å². The Morgan fingerprint density at radius 3 is 2.28 bits per heavy atom. The maximum absolute atomic E-state index is 12.4. The highest BCUT2D eigenvalue weighted by Gasteiger charge is 2.40. The summed E-state index contributed by atoms with van der Waals surface area (Å²) < 4.78 is 37.3. The summed E-state index contributed by atoms with van der Waals surface area (Å²) in [6.07, 6.45) is -3.07. The molecule has 1 aliphatic carbocycles. The zero-order valence-electron chi connectivity index (χ0n) is 9.44. The van der Waals surface area contributed by atoms with E-state index < -0.39 is 18.6 Å². The molecule has 1 amide bonds. The number of halogens is 3. The molecular formula is C12H12F3NOS. The summed E-state index contributed by atoms with van der Waals surface area (Å²) in [6.45, 7) is -1.18. The van der Waals surface area contributed by atoms with E-state index in [4.69, 9.17) is 0 Å². The van der Waals surface area contributed by atoms with Gasteiger partial charge in [-0.1, -0.05) is 0 Å². The lowest BCUT2D eigenvalue weighted by atomic mass is 10.2. The number of hydrogen-bond donors (Lipinski definition) is 1. The second-order valence-electron chi connectivity index (χ2n) is 4.33. The normalized spacial score (nSPS) is 15.6. The number of nitrogens with zero attached hydrogens (tertiary/aromatic N) is 1. The number of hydrogen-bond acceptors (Lipinski definition) is 2. The first-order valence-electron chi connectivity index (χ1n) is 5.53. The minimum absolute atomic E-state index is 0.268. The lowest BCUT2D eigenvalue weighted by Crippen LogP contribution is -2.40. The van der Waals surface area contributed by atoms with E-state index in [1.165, 1.54) is 12.1 Å². The van der Waals surface area contributed by atoms with Crippen LogP contribution >= 0.6 is 12.6 Å². The Hall–Kier alpha value is -1.17. The second kappa shape index (κ2) is 4.84. The number of thiol groups is 1. The number of benzene rings is 1. The minimum Gasteiger partial charge on any atom is -0.327 e. The van der Waals surface area contributed by atoms with Gasteiger partial charge in [-0.2, -0.15) is 13.2 Å². The highest BCUT2D eigenvalue weighted by atomic mass is 32.1. The van der Waals surface area contributed by atoms with Gasteiger partial charge in [0.05, 0.1) is 0 Å². The van der Waals surface area contributed by atoms with Crippen molar-refractivity contribution in [2.24, 2.45) is 0 Å². The van der Waals surface area contributed by atoms with E-state index >= 15 is 0 Å². The highest BCUT2D eigenvalue weighted by Crippen LogP contribution is 2.31. The van der Waals surface area contributed by atoms with Crippen LogP contribution in [0.5, 0.6) is 0 Å². The van der Waals surface area contributed by atoms with Gasteiger partial charge >= 0.3 is 6.18 Å². The van der Waals surface area contributed by atoms with E-state index in [0.29, 0.717) is 17.7 Å². The molecule has 0 unspecified atom stereocenters. The van der Waals surface area contributed by atoms with Crippen molar-refractivity contribution in [3.8, 4) is 0 Å². The summed E-state index contributed by atoms with van der Waals surface area (Å²) in [4.78, 5) is 13.6. The molecule has 0 aromatic heterocycles. The lowest BCUT2D eigenvalue weighted by molar-refractivity contribution is -0.141. The molecule has 0 heterocycles. The van der Waals surface area contributed by atoms with Crippen LogP contribution in [-0.4, -0.2) is 29.6 Å². The topological polar surface area (TPSA) is 20.3 Å². The van der Waals surface area contributed by atoms with Crippen molar-refractivity contribution in [2.75, 3.05) is 6.54 Å². The molecule has 1 fully saturated rings. The van der Waals surface area contributed by atoms with E-state index in [-0.39, 0.29) is 11.6 Å². The van der Waals surface area contributed by atoms with Crippen LogP contribution in [0.2, 0.25) is 0 Å². The van der Waals surface area contributed by atoms with Gasteiger partial charge in [0.2, 0.25) is 0 Å². The van der Waals surface area contributed by atoms with Crippen LogP contribution in [0, 0.1) is 0 Å². The Morgan fingerprint density at radius 2 is 1.83 bits per heavy atom. The standard InChI is InChI=1S/C12H12F3NOS/c13-12(14,15)7-16(9-3-4-9)11(17)8-1-5-10(18)6-2-8/h1-2,5-6,9,18H,3-4,7H2. The first-order chi connectivity index (χ1) is 8.37. The molecule has 98 valence electrons. The van der Waals surface area contributed by atoms with Crippen LogP contribution in [0.3, 0.4) is 0 Å². The van der Waals surface area contributed by atoms with E-state index in [9.17, 15) is 18.0 Å². The van der Waals surface area contributed by atoms with Crippen molar-refractivity contribution in [3.05, 3.63) is 29.8 Å².